The fourth-order valence-electron chi connectivity index (χ4n) is 3.14. The number of nitrogens with zero attached hydrogens (tertiary/aromatic N) is 4. The van der Waals surface area contributed by atoms with Crippen LogP contribution in [0.1, 0.15) is 12.0 Å². The van der Waals surface area contributed by atoms with E-state index in [1.54, 1.807) is 12.4 Å². The Kier molecular flexibility index (Phi) is 4.33. The molecule has 0 bridgehead atoms. The standard InChI is InChI=1S/C19H20N4O2/c24-18(13-15-5-3-8-20-14-15)22-9-4-10-23(12-11-22)19-21-16-6-1-2-7-17(16)25-19/h1-3,5-8,14H,4,9-13H2. The summed E-state index contributed by atoms with van der Waals surface area (Å²) in [6, 6.07) is 12.2. The van der Waals surface area contributed by atoms with E-state index < -0.39 is 0 Å². The molecule has 0 radical (unpaired) electrons. The predicted octanol–water partition coefficient (Wildman–Crippen LogP) is 2.50. The fraction of sp³-hybridized carbons (Fsp3) is 0.316. The van der Waals surface area contributed by atoms with Gasteiger partial charge in [0.25, 0.3) is 6.01 Å². The Hall–Kier alpha value is -2.89. The van der Waals surface area contributed by atoms with Gasteiger partial charge in [-0.05, 0) is 30.2 Å². The van der Waals surface area contributed by atoms with E-state index in [0.717, 1.165) is 42.7 Å². The highest BCUT2D eigenvalue weighted by molar-refractivity contribution is 5.79. The summed E-state index contributed by atoms with van der Waals surface area (Å²) in [5.74, 6) is 0.146. The third-order valence-electron chi connectivity index (χ3n) is 4.48. The zero-order chi connectivity index (χ0) is 17.1. The number of rotatable bonds is 3. The number of oxazole rings is 1. The number of aromatic nitrogens is 2. The first-order valence-electron chi connectivity index (χ1n) is 8.57. The van der Waals surface area contributed by atoms with Crippen LogP contribution in [0.15, 0.2) is 53.2 Å². The molecule has 1 saturated heterocycles. The van der Waals surface area contributed by atoms with Crippen LogP contribution in [0.3, 0.4) is 0 Å². The highest BCUT2D eigenvalue weighted by Crippen LogP contribution is 2.22. The highest BCUT2D eigenvalue weighted by atomic mass is 16.4. The van der Waals surface area contributed by atoms with E-state index in [2.05, 4.69) is 14.9 Å². The number of hydrogen-bond acceptors (Lipinski definition) is 5. The first kappa shape index (κ1) is 15.6. The van der Waals surface area contributed by atoms with Gasteiger partial charge in [-0.15, -0.1) is 0 Å². The molecule has 0 atom stereocenters. The zero-order valence-electron chi connectivity index (χ0n) is 14.0. The van der Waals surface area contributed by atoms with E-state index in [9.17, 15) is 4.79 Å². The Morgan fingerprint density at radius 1 is 1.08 bits per heavy atom. The van der Waals surface area contributed by atoms with Gasteiger partial charge in [-0.2, -0.15) is 4.98 Å². The Bertz CT molecular complexity index is 829. The molecule has 3 aromatic rings. The van der Waals surface area contributed by atoms with Crippen LogP contribution < -0.4 is 4.90 Å². The smallest absolute Gasteiger partial charge is 0.298 e. The summed E-state index contributed by atoms with van der Waals surface area (Å²) in [7, 11) is 0. The molecule has 1 aromatic carbocycles. The minimum atomic E-state index is 0.146. The van der Waals surface area contributed by atoms with Gasteiger partial charge in [0, 0.05) is 38.6 Å². The van der Waals surface area contributed by atoms with E-state index >= 15 is 0 Å². The number of para-hydroxylation sites is 2. The Morgan fingerprint density at radius 2 is 2.00 bits per heavy atom. The Balaban J connectivity index is 1.42. The van der Waals surface area contributed by atoms with Gasteiger partial charge in [0.05, 0.1) is 6.42 Å². The summed E-state index contributed by atoms with van der Waals surface area (Å²) in [6.07, 6.45) is 4.77. The number of pyridine rings is 1. The topological polar surface area (TPSA) is 62.5 Å². The summed E-state index contributed by atoms with van der Waals surface area (Å²) < 4.78 is 5.86. The molecule has 2 aromatic heterocycles. The molecule has 1 amide bonds. The molecule has 3 heterocycles. The van der Waals surface area contributed by atoms with Gasteiger partial charge in [-0.25, -0.2) is 0 Å². The van der Waals surface area contributed by atoms with Crippen LogP contribution in [-0.2, 0) is 11.2 Å². The minimum Gasteiger partial charge on any atom is -0.423 e. The molecule has 128 valence electrons. The van der Waals surface area contributed by atoms with Crippen molar-refractivity contribution in [2.75, 3.05) is 31.1 Å². The number of benzene rings is 1. The minimum absolute atomic E-state index is 0.146. The second kappa shape index (κ2) is 6.93. The van der Waals surface area contributed by atoms with E-state index in [-0.39, 0.29) is 5.91 Å². The Labute approximate surface area is 146 Å². The maximum Gasteiger partial charge on any atom is 0.298 e. The maximum absolute atomic E-state index is 12.5. The van der Waals surface area contributed by atoms with Crippen LogP contribution >= 0.6 is 0 Å². The van der Waals surface area contributed by atoms with Crippen molar-refractivity contribution < 1.29 is 9.21 Å². The van der Waals surface area contributed by atoms with Crippen molar-refractivity contribution in [3.05, 3.63) is 54.4 Å². The van der Waals surface area contributed by atoms with Crippen molar-refractivity contribution in [1.29, 1.82) is 0 Å². The summed E-state index contributed by atoms with van der Waals surface area (Å²) in [5, 5.41) is 0. The average molecular weight is 336 g/mol. The third kappa shape index (κ3) is 3.47. The average Bonchev–Trinajstić information content (AvgIpc) is 2.91. The van der Waals surface area contributed by atoms with Crippen LogP contribution in [-0.4, -0.2) is 47.0 Å². The molecule has 1 aliphatic heterocycles. The number of fused-ring (bicyclic) bond motifs is 1. The van der Waals surface area contributed by atoms with Crippen LogP contribution in [0.2, 0.25) is 0 Å². The van der Waals surface area contributed by atoms with Gasteiger partial charge < -0.3 is 14.2 Å². The molecule has 4 rings (SSSR count). The van der Waals surface area contributed by atoms with Crippen molar-refractivity contribution in [3.63, 3.8) is 0 Å². The fourth-order valence-corrected chi connectivity index (χ4v) is 3.14. The molecule has 25 heavy (non-hydrogen) atoms. The van der Waals surface area contributed by atoms with Crippen LogP contribution in [0.5, 0.6) is 0 Å². The molecule has 0 aliphatic carbocycles. The lowest BCUT2D eigenvalue weighted by Crippen LogP contribution is -2.36. The molecule has 6 heteroatoms. The first-order chi connectivity index (χ1) is 12.3. The number of carbonyl (C=O) groups is 1. The zero-order valence-corrected chi connectivity index (χ0v) is 14.0. The number of hydrogen-bond donors (Lipinski definition) is 0. The molecule has 6 nitrogen and oxygen atoms in total. The first-order valence-corrected chi connectivity index (χ1v) is 8.57. The van der Waals surface area contributed by atoms with Crippen molar-refractivity contribution in [2.24, 2.45) is 0 Å². The van der Waals surface area contributed by atoms with Crippen molar-refractivity contribution >= 4 is 23.0 Å². The quantitative estimate of drug-likeness (QED) is 0.735. The van der Waals surface area contributed by atoms with Gasteiger partial charge in [-0.3, -0.25) is 9.78 Å². The normalized spacial score (nSPS) is 15.4. The van der Waals surface area contributed by atoms with Crippen LogP contribution in [0.25, 0.3) is 11.1 Å². The van der Waals surface area contributed by atoms with Gasteiger partial charge in [0.2, 0.25) is 5.91 Å². The predicted molar refractivity (Wildman–Crippen MR) is 95.4 cm³/mol. The van der Waals surface area contributed by atoms with E-state index in [0.29, 0.717) is 19.0 Å². The summed E-state index contributed by atoms with van der Waals surface area (Å²) in [4.78, 5) is 25.2. The molecule has 0 N–H and O–H groups in total. The van der Waals surface area contributed by atoms with Gasteiger partial charge >= 0.3 is 0 Å². The lowest BCUT2D eigenvalue weighted by molar-refractivity contribution is -0.130. The second-order valence-corrected chi connectivity index (χ2v) is 6.22. The monoisotopic (exact) mass is 336 g/mol. The molecule has 1 fully saturated rings. The van der Waals surface area contributed by atoms with E-state index in [1.807, 2.05) is 41.3 Å². The lowest BCUT2D eigenvalue weighted by Gasteiger charge is -2.21. The molecular weight excluding hydrogens is 316 g/mol. The van der Waals surface area contributed by atoms with Gasteiger partial charge in [0.1, 0.15) is 5.52 Å². The van der Waals surface area contributed by atoms with Crippen molar-refractivity contribution in [2.45, 2.75) is 12.8 Å². The third-order valence-corrected chi connectivity index (χ3v) is 4.48. The van der Waals surface area contributed by atoms with Gasteiger partial charge in [0.15, 0.2) is 5.58 Å². The molecular formula is C19H20N4O2. The highest BCUT2D eigenvalue weighted by Gasteiger charge is 2.22. The summed E-state index contributed by atoms with van der Waals surface area (Å²) >= 11 is 0. The van der Waals surface area contributed by atoms with Crippen LogP contribution in [0, 0.1) is 0 Å². The summed E-state index contributed by atoms with van der Waals surface area (Å²) in [5.41, 5.74) is 2.62. The van der Waals surface area contributed by atoms with Crippen molar-refractivity contribution in [1.82, 2.24) is 14.9 Å². The van der Waals surface area contributed by atoms with E-state index in [4.69, 9.17) is 4.42 Å². The van der Waals surface area contributed by atoms with Gasteiger partial charge in [-0.1, -0.05) is 18.2 Å². The van der Waals surface area contributed by atoms with E-state index in [1.165, 1.54) is 0 Å². The largest absolute Gasteiger partial charge is 0.423 e. The molecule has 0 unspecified atom stereocenters. The molecule has 0 spiro atoms. The second-order valence-electron chi connectivity index (χ2n) is 6.22. The number of carbonyl (C=O) groups excluding carboxylic acids is 1. The lowest BCUT2D eigenvalue weighted by atomic mass is 10.2. The number of anilines is 1. The number of amides is 1. The Morgan fingerprint density at radius 3 is 2.84 bits per heavy atom. The molecule has 0 saturated carbocycles. The summed E-state index contributed by atoms with van der Waals surface area (Å²) in [6.45, 7) is 3.00. The van der Waals surface area contributed by atoms with Crippen LogP contribution in [0.4, 0.5) is 6.01 Å². The van der Waals surface area contributed by atoms with Crippen molar-refractivity contribution in [3.8, 4) is 0 Å². The SMILES string of the molecule is O=C(Cc1cccnc1)N1CCCN(c2nc3ccccc3o2)CC1. The molecule has 1 aliphatic rings. The maximum atomic E-state index is 12.5.